The summed E-state index contributed by atoms with van der Waals surface area (Å²) in [6.07, 6.45) is 2.45. The highest BCUT2D eigenvalue weighted by molar-refractivity contribution is 5.82. The van der Waals surface area contributed by atoms with Gasteiger partial charge in [0.15, 0.2) is 0 Å². The summed E-state index contributed by atoms with van der Waals surface area (Å²) >= 11 is 0. The lowest BCUT2D eigenvalue weighted by atomic mass is 10.2. The van der Waals surface area contributed by atoms with Gasteiger partial charge in [0.2, 0.25) is 5.91 Å². The highest BCUT2D eigenvalue weighted by atomic mass is 16.5. The Hall–Kier alpha value is -1.78. The summed E-state index contributed by atoms with van der Waals surface area (Å²) in [5.41, 5.74) is 0. The lowest BCUT2D eigenvalue weighted by molar-refractivity contribution is -0.146. The molecule has 1 amide bonds. The molecule has 0 fully saturated rings. The van der Waals surface area contributed by atoms with Crippen LogP contribution in [0, 0.1) is 0 Å². The molecule has 0 atom stereocenters. The van der Waals surface area contributed by atoms with E-state index in [1.807, 2.05) is 13.0 Å². The minimum atomic E-state index is -0.404. The van der Waals surface area contributed by atoms with Gasteiger partial charge in [0.25, 0.3) is 0 Å². The number of likely N-dealkylation sites (N-methyl/N-ethyl adjacent to an activating group) is 1. The van der Waals surface area contributed by atoms with Crippen molar-refractivity contribution < 1.29 is 18.7 Å². The number of hydrogen-bond acceptors (Lipinski definition) is 4. The fraction of sp³-hybridized carbons (Fsp3) is 0.500. The molecule has 0 saturated heterocycles. The van der Waals surface area contributed by atoms with E-state index >= 15 is 0 Å². The molecule has 5 nitrogen and oxygen atoms in total. The minimum Gasteiger partial charge on any atom is -0.469 e. The van der Waals surface area contributed by atoms with Crippen molar-refractivity contribution in [2.24, 2.45) is 0 Å². The molecule has 0 aromatic carbocycles. The molecule has 17 heavy (non-hydrogen) atoms. The fourth-order valence-electron chi connectivity index (χ4n) is 1.44. The predicted octanol–water partition coefficient (Wildman–Crippen LogP) is 1.23. The summed E-state index contributed by atoms with van der Waals surface area (Å²) in [7, 11) is 1.31. The summed E-state index contributed by atoms with van der Waals surface area (Å²) in [6.45, 7) is 2.32. The molecule has 0 radical (unpaired) electrons. The van der Waals surface area contributed by atoms with Crippen molar-refractivity contribution in [1.82, 2.24) is 4.90 Å². The van der Waals surface area contributed by atoms with Crippen LogP contribution < -0.4 is 0 Å². The van der Waals surface area contributed by atoms with Gasteiger partial charge in [0.1, 0.15) is 12.3 Å². The molecule has 0 unspecified atom stereocenters. The molecule has 1 heterocycles. The first-order chi connectivity index (χ1) is 8.17. The zero-order chi connectivity index (χ0) is 12.7. The Morgan fingerprint density at radius 3 is 2.76 bits per heavy atom. The summed E-state index contributed by atoms with van der Waals surface area (Å²) in [6, 6.07) is 3.61. The van der Waals surface area contributed by atoms with Gasteiger partial charge in [-0.3, -0.25) is 9.59 Å². The van der Waals surface area contributed by atoms with E-state index < -0.39 is 5.97 Å². The van der Waals surface area contributed by atoms with Crippen molar-refractivity contribution in [2.45, 2.75) is 19.8 Å². The topological polar surface area (TPSA) is 59.8 Å². The number of methoxy groups -OCH3 is 1. The number of amides is 1. The number of carbonyl (C=O) groups is 2. The molecular weight excluding hydrogens is 222 g/mol. The molecule has 0 N–H and O–H groups in total. The third kappa shape index (κ3) is 4.30. The Balaban J connectivity index is 2.41. The smallest absolute Gasteiger partial charge is 0.325 e. The third-order valence-corrected chi connectivity index (χ3v) is 2.45. The molecule has 0 aliphatic rings. The van der Waals surface area contributed by atoms with E-state index in [-0.39, 0.29) is 12.5 Å². The normalized spacial score (nSPS) is 10.0. The minimum absolute atomic E-state index is 0.00396. The van der Waals surface area contributed by atoms with Crippen LogP contribution in [0.15, 0.2) is 22.8 Å². The van der Waals surface area contributed by atoms with Gasteiger partial charge in [-0.1, -0.05) is 0 Å². The maximum absolute atomic E-state index is 11.8. The Kier molecular flexibility index (Phi) is 5.26. The molecule has 0 aliphatic carbocycles. The summed E-state index contributed by atoms with van der Waals surface area (Å²) in [5.74, 6) is 0.292. The first-order valence-electron chi connectivity index (χ1n) is 5.54. The second kappa shape index (κ2) is 6.73. The molecule has 0 spiro atoms. The van der Waals surface area contributed by atoms with Crippen LogP contribution >= 0.6 is 0 Å². The number of carbonyl (C=O) groups excluding carboxylic acids is 2. The Morgan fingerprint density at radius 1 is 1.47 bits per heavy atom. The number of aryl methyl sites for hydroxylation is 1. The van der Waals surface area contributed by atoms with E-state index in [0.29, 0.717) is 19.4 Å². The number of rotatable bonds is 6. The molecule has 5 heteroatoms. The Labute approximate surface area is 100 Å². The maximum Gasteiger partial charge on any atom is 0.325 e. The van der Waals surface area contributed by atoms with E-state index in [1.165, 1.54) is 12.0 Å². The lowest BCUT2D eigenvalue weighted by Gasteiger charge is -2.18. The van der Waals surface area contributed by atoms with Gasteiger partial charge in [-0.15, -0.1) is 0 Å². The summed E-state index contributed by atoms with van der Waals surface area (Å²) < 4.78 is 9.67. The molecule has 1 aromatic rings. The third-order valence-electron chi connectivity index (χ3n) is 2.45. The van der Waals surface area contributed by atoms with Crippen molar-refractivity contribution in [3.05, 3.63) is 24.2 Å². The van der Waals surface area contributed by atoms with Gasteiger partial charge in [-0.25, -0.2) is 0 Å². The van der Waals surface area contributed by atoms with Crippen LogP contribution in [0.25, 0.3) is 0 Å². The first kappa shape index (κ1) is 13.3. The number of hydrogen-bond donors (Lipinski definition) is 0. The van der Waals surface area contributed by atoms with Crippen molar-refractivity contribution in [2.75, 3.05) is 20.2 Å². The fourth-order valence-corrected chi connectivity index (χ4v) is 1.44. The van der Waals surface area contributed by atoms with E-state index in [2.05, 4.69) is 4.74 Å². The van der Waals surface area contributed by atoms with Crippen LogP contribution in [0.4, 0.5) is 0 Å². The lowest BCUT2D eigenvalue weighted by Crippen LogP contribution is -2.36. The SMILES string of the molecule is CCN(CC(=O)OC)C(=O)CCc1ccco1. The van der Waals surface area contributed by atoms with Crippen molar-refractivity contribution in [1.29, 1.82) is 0 Å². The molecule has 0 saturated carbocycles. The molecule has 0 aliphatic heterocycles. The van der Waals surface area contributed by atoms with E-state index in [1.54, 1.807) is 12.3 Å². The highest BCUT2D eigenvalue weighted by Crippen LogP contribution is 2.05. The van der Waals surface area contributed by atoms with Gasteiger partial charge in [-0.2, -0.15) is 0 Å². The monoisotopic (exact) mass is 239 g/mol. The zero-order valence-electron chi connectivity index (χ0n) is 10.1. The van der Waals surface area contributed by atoms with Crippen LogP contribution in [-0.2, 0) is 20.7 Å². The standard InChI is InChI=1S/C12H17NO4/c1-3-13(9-12(15)16-2)11(14)7-6-10-5-4-8-17-10/h4-5,8H,3,6-7,9H2,1-2H3. The molecular formula is C12H17NO4. The number of furan rings is 1. The second-order valence-electron chi connectivity index (χ2n) is 3.56. The Bertz CT molecular complexity index is 359. The van der Waals surface area contributed by atoms with E-state index in [9.17, 15) is 9.59 Å². The van der Waals surface area contributed by atoms with Gasteiger partial charge in [0.05, 0.1) is 13.4 Å². The van der Waals surface area contributed by atoms with Gasteiger partial charge in [0, 0.05) is 19.4 Å². The quantitative estimate of drug-likeness (QED) is 0.701. The van der Waals surface area contributed by atoms with Gasteiger partial charge >= 0.3 is 5.97 Å². The van der Waals surface area contributed by atoms with Gasteiger partial charge < -0.3 is 14.1 Å². The molecule has 0 bridgehead atoms. The molecule has 1 rings (SSSR count). The largest absolute Gasteiger partial charge is 0.469 e. The van der Waals surface area contributed by atoms with Crippen LogP contribution in [-0.4, -0.2) is 37.0 Å². The first-order valence-corrected chi connectivity index (χ1v) is 5.54. The number of esters is 1. The molecule has 94 valence electrons. The van der Waals surface area contributed by atoms with Crippen LogP contribution in [0.2, 0.25) is 0 Å². The summed E-state index contributed by atoms with van der Waals surface area (Å²) in [4.78, 5) is 24.3. The summed E-state index contributed by atoms with van der Waals surface area (Å²) in [5, 5.41) is 0. The average Bonchev–Trinajstić information content (AvgIpc) is 2.85. The molecule has 1 aromatic heterocycles. The maximum atomic E-state index is 11.8. The van der Waals surface area contributed by atoms with Gasteiger partial charge in [-0.05, 0) is 19.1 Å². The number of ether oxygens (including phenoxy) is 1. The Morgan fingerprint density at radius 2 is 2.24 bits per heavy atom. The van der Waals surface area contributed by atoms with Crippen molar-refractivity contribution >= 4 is 11.9 Å². The van der Waals surface area contributed by atoms with Crippen LogP contribution in [0.5, 0.6) is 0 Å². The number of nitrogens with zero attached hydrogens (tertiary/aromatic N) is 1. The van der Waals surface area contributed by atoms with Crippen molar-refractivity contribution in [3.63, 3.8) is 0 Å². The second-order valence-corrected chi connectivity index (χ2v) is 3.56. The average molecular weight is 239 g/mol. The van der Waals surface area contributed by atoms with E-state index in [0.717, 1.165) is 5.76 Å². The van der Waals surface area contributed by atoms with Crippen molar-refractivity contribution in [3.8, 4) is 0 Å². The van der Waals surface area contributed by atoms with E-state index in [4.69, 9.17) is 4.42 Å². The van der Waals surface area contributed by atoms with Crippen LogP contribution in [0.1, 0.15) is 19.1 Å². The highest BCUT2D eigenvalue weighted by Gasteiger charge is 2.15. The zero-order valence-corrected chi connectivity index (χ0v) is 10.1. The predicted molar refractivity (Wildman–Crippen MR) is 61.3 cm³/mol. The van der Waals surface area contributed by atoms with Crippen LogP contribution in [0.3, 0.4) is 0 Å².